The highest BCUT2D eigenvalue weighted by Gasteiger charge is 2.06. The molecular formula is C16H18F2N2O. The topological polar surface area (TPSA) is 34.1 Å². The van der Waals surface area contributed by atoms with Gasteiger partial charge in [0.25, 0.3) is 0 Å². The van der Waals surface area contributed by atoms with E-state index in [2.05, 4.69) is 24.1 Å². The number of pyridine rings is 1. The van der Waals surface area contributed by atoms with Gasteiger partial charge >= 0.3 is 0 Å². The lowest BCUT2D eigenvalue weighted by molar-refractivity contribution is 0.449. The lowest BCUT2D eigenvalue weighted by Gasteiger charge is -2.11. The van der Waals surface area contributed by atoms with E-state index in [-0.39, 0.29) is 5.75 Å². The Balaban J connectivity index is 2.19. The first-order valence-electron chi connectivity index (χ1n) is 6.77. The standard InChI is InChI=1S/C16H18F2N2O/c1-10(2)19-9-12-4-11(3)20-16(5-12)21-15-7-13(17)6-14(18)8-15/h4-8,10,19H,9H2,1-3H3. The second kappa shape index (κ2) is 6.63. The molecule has 0 aliphatic heterocycles. The van der Waals surface area contributed by atoms with Gasteiger partial charge in [-0.25, -0.2) is 13.8 Å². The van der Waals surface area contributed by atoms with Crippen LogP contribution in [0.15, 0.2) is 30.3 Å². The molecule has 112 valence electrons. The van der Waals surface area contributed by atoms with E-state index in [9.17, 15) is 8.78 Å². The molecule has 3 nitrogen and oxygen atoms in total. The van der Waals surface area contributed by atoms with Crippen molar-refractivity contribution in [2.24, 2.45) is 0 Å². The number of aromatic nitrogens is 1. The van der Waals surface area contributed by atoms with E-state index in [0.717, 1.165) is 29.5 Å². The van der Waals surface area contributed by atoms with Crippen molar-refractivity contribution in [3.05, 3.63) is 53.2 Å². The summed E-state index contributed by atoms with van der Waals surface area (Å²) < 4.78 is 31.7. The van der Waals surface area contributed by atoms with Crippen LogP contribution in [-0.2, 0) is 6.54 Å². The molecule has 2 rings (SSSR count). The smallest absolute Gasteiger partial charge is 0.219 e. The van der Waals surface area contributed by atoms with Crippen LogP contribution < -0.4 is 10.1 Å². The first-order chi connectivity index (χ1) is 9.92. The van der Waals surface area contributed by atoms with Crippen molar-refractivity contribution in [1.82, 2.24) is 10.3 Å². The van der Waals surface area contributed by atoms with Crippen molar-refractivity contribution >= 4 is 0 Å². The summed E-state index contributed by atoms with van der Waals surface area (Å²) in [6.45, 7) is 6.63. The van der Waals surface area contributed by atoms with Crippen LogP contribution in [0.25, 0.3) is 0 Å². The van der Waals surface area contributed by atoms with Gasteiger partial charge in [0.2, 0.25) is 5.88 Å². The lowest BCUT2D eigenvalue weighted by atomic mass is 10.2. The molecular weight excluding hydrogens is 274 g/mol. The van der Waals surface area contributed by atoms with Gasteiger partial charge in [0, 0.05) is 42.5 Å². The molecule has 0 saturated heterocycles. The molecule has 1 N–H and O–H groups in total. The van der Waals surface area contributed by atoms with E-state index in [0.29, 0.717) is 18.5 Å². The van der Waals surface area contributed by atoms with Crippen LogP contribution in [-0.4, -0.2) is 11.0 Å². The zero-order chi connectivity index (χ0) is 15.4. The highest BCUT2D eigenvalue weighted by molar-refractivity contribution is 5.31. The molecule has 21 heavy (non-hydrogen) atoms. The van der Waals surface area contributed by atoms with Gasteiger partial charge in [-0.15, -0.1) is 0 Å². The van der Waals surface area contributed by atoms with Gasteiger partial charge in [-0.2, -0.15) is 0 Å². The van der Waals surface area contributed by atoms with Crippen molar-refractivity contribution < 1.29 is 13.5 Å². The number of benzene rings is 1. The quantitative estimate of drug-likeness (QED) is 0.905. The molecule has 0 bridgehead atoms. The number of halogens is 2. The highest BCUT2D eigenvalue weighted by Crippen LogP contribution is 2.23. The zero-order valence-electron chi connectivity index (χ0n) is 12.3. The van der Waals surface area contributed by atoms with Gasteiger partial charge in [-0.05, 0) is 18.6 Å². The summed E-state index contributed by atoms with van der Waals surface area (Å²) in [5, 5.41) is 3.29. The third-order valence-corrected chi connectivity index (χ3v) is 2.76. The van der Waals surface area contributed by atoms with Crippen LogP contribution in [0.1, 0.15) is 25.1 Å². The van der Waals surface area contributed by atoms with Gasteiger partial charge in [0.05, 0.1) is 0 Å². The summed E-state index contributed by atoms with van der Waals surface area (Å²) in [5.74, 6) is -0.951. The number of nitrogens with one attached hydrogen (secondary N) is 1. The van der Waals surface area contributed by atoms with Gasteiger partial charge in [-0.1, -0.05) is 13.8 Å². The minimum Gasteiger partial charge on any atom is -0.439 e. The highest BCUT2D eigenvalue weighted by atomic mass is 19.1. The maximum Gasteiger partial charge on any atom is 0.219 e. The van der Waals surface area contributed by atoms with E-state index in [1.165, 1.54) is 0 Å². The average Bonchev–Trinajstić information content (AvgIpc) is 2.34. The third kappa shape index (κ3) is 4.79. The molecule has 0 atom stereocenters. The molecule has 0 aliphatic carbocycles. The van der Waals surface area contributed by atoms with E-state index >= 15 is 0 Å². The Labute approximate surface area is 123 Å². The fourth-order valence-corrected chi connectivity index (χ4v) is 1.89. The number of ether oxygens (including phenoxy) is 1. The Kier molecular flexibility index (Phi) is 4.85. The molecule has 0 saturated carbocycles. The van der Waals surface area contributed by atoms with Crippen LogP contribution in [0.4, 0.5) is 8.78 Å². The van der Waals surface area contributed by atoms with Gasteiger partial charge in [0.15, 0.2) is 0 Å². The number of hydrogen-bond acceptors (Lipinski definition) is 3. The Hall–Kier alpha value is -2.01. The molecule has 0 aliphatic rings. The van der Waals surface area contributed by atoms with Crippen LogP contribution in [0.2, 0.25) is 0 Å². The largest absolute Gasteiger partial charge is 0.439 e. The molecule has 1 aromatic heterocycles. The fourth-order valence-electron chi connectivity index (χ4n) is 1.89. The van der Waals surface area contributed by atoms with E-state index in [1.54, 1.807) is 6.07 Å². The van der Waals surface area contributed by atoms with Crippen LogP contribution in [0.3, 0.4) is 0 Å². The Morgan fingerprint density at radius 1 is 1.10 bits per heavy atom. The summed E-state index contributed by atoms with van der Waals surface area (Å²) in [6.07, 6.45) is 0. The van der Waals surface area contributed by atoms with E-state index in [4.69, 9.17) is 4.74 Å². The monoisotopic (exact) mass is 292 g/mol. The first-order valence-corrected chi connectivity index (χ1v) is 6.77. The summed E-state index contributed by atoms with van der Waals surface area (Å²) in [4.78, 5) is 4.22. The Morgan fingerprint density at radius 3 is 2.38 bits per heavy atom. The summed E-state index contributed by atoms with van der Waals surface area (Å²) in [6, 6.07) is 7.10. The minimum absolute atomic E-state index is 0.0911. The predicted octanol–water partition coefficient (Wildman–Crippen LogP) is 3.96. The van der Waals surface area contributed by atoms with Gasteiger partial charge in [0.1, 0.15) is 17.4 Å². The Morgan fingerprint density at radius 2 is 1.76 bits per heavy atom. The second-order valence-corrected chi connectivity index (χ2v) is 5.20. The molecule has 1 heterocycles. The number of rotatable bonds is 5. The molecule has 1 aromatic carbocycles. The molecule has 5 heteroatoms. The first kappa shape index (κ1) is 15.4. The third-order valence-electron chi connectivity index (χ3n) is 2.76. The van der Waals surface area contributed by atoms with Crippen molar-refractivity contribution in [2.75, 3.05) is 0 Å². The lowest BCUT2D eigenvalue weighted by Crippen LogP contribution is -2.21. The van der Waals surface area contributed by atoms with Gasteiger partial charge in [-0.3, -0.25) is 0 Å². The summed E-state index contributed by atoms with van der Waals surface area (Å²) >= 11 is 0. The van der Waals surface area contributed by atoms with Gasteiger partial charge < -0.3 is 10.1 Å². The fraction of sp³-hybridized carbons (Fsp3) is 0.312. The average molecular weight is 292 g/mol. The Bertz CT molecular complexity index is 609. The van der Waals surface area contributed by atoms with Crippen LogP contribution in [0.5, 0.6) is 11.6 Å². The maximum absolute atomic E-state index is 13.1. The van der Waals surface area contributed by atoms with Crippen LogP contribution in [0, 0.1) is 18.6 Å². The van der Waals surface area contributed by atoms with Crippen molar-refractivity contribution in [3.63, 3.8) is 0 Å². The van der Waals surface area contributed by atoms with Crippen LogP contribution >= 0.6 is 0 Å². The van der Waals surface area contributed by atoms with Crippen molar-refractivity contribution in [3.8, 4) is 11.6 Å². The van der Waals surface area contributed by atoms with E-state index < -0.39 is 11.6 Å². The zero-order valence-corrected chi connectivity index (χ0v) is 12.3. The van der Waals surface area contributed by atoms with E-state index in [1.807, 2.05) is 13.0 Å². The predicted molar refractivity (Wildman–Crippen MR) is 77.4 cm³/mol. The summed E-state index contributed by atoms with van der Waals surface area (Å²) in [7, 11) is 0. The molecule has 0 fully saturated rings. The summed E-state index contributed by atoms with van der Waals surface area (Å²) in [5.41, 5.74) is 1.79. The molecule has 0 amide bonds. The maximum atomic E-state index is 13.1. The number of hydrogen-bond donors (Lipinski definition) is 1. The molecule has 2 aromatic rings. The minimum atomic E-state index is -0.681. The molecule has 0 radical (unpaired) electrons. The van der Waals surface area contributed by atoms with Crippen molar-refractivity contribution in [1.29, 1.82) is 0 Å². The number of aryl methyl sites for hydroxylation is 1. The molecule has 0 unspecified atom stereocenters. The second-order valence-electron chi connectivity index (χ2n) is 5.20. The normalized spacial score (nSPS) is 11.0. The van der Waals surface area contributed by atoms with Crippen molar-refractivity contribution in [2.45, 2.75) is 33.4 Å². The molecule has 0 spiro atoms. The SMILES string of the molecule is Cc1cc(CNC(C)C)cc(Oc2cc(F)cc(F)c2)n1. The number of nitrogens with zero attached hydrogens (tertiary/aromatic N) is 1.